The number of alkyl halides is 3. The molecular formula is C12H15ClF3NO3S. The van der Waals surface area contributed by atoms with Gasteiger partial charge in [0.2, 0.25) is 10.0 Å². The van der Waals surface area contributed by atoms with Crippen molar-refractivity contribution in [2.75, 3.05) is 13.6 Å². The van der Waals surface area contributed by atoms with Crippen molar-refractivity contribution in [3.63, 3.8) is 0 Å². The van der Waals surface area contributed by atoms with E-state index >= 15 is 0 Å². The molecule has 9 heteroatoms. The van der Waals surface area contributed by atoms with Crippen LogP contribution in [0.15, 0.2) is 23.1 Å². The zero-order chi connectivity index (χ0) is 16.6. The molecular weight excluding hydrogens is 331 g/mol. The Balaban J connectivity index is 3.46. The molecule has 0 amide bonds. The van der Waals surface area contributed by atoms with E-state index in [9.17, 15) is 26.7 Å². The summed E-state index contributed by atoms with van der Waals surface area (Å²) in [7, 11) is -3.42. The predicted octanol–water partition coefficient (Wildman–Crippen LogP) is 2.75. The molecule has 0 unspecified atom stereocenters. The highest BCUT2D eigenvalue weighted by Crippen LogP contribution is 2.38. The van der Waals surface area contributed by atoms with E-state index in [1.165, 1.54) is 13.8 Å². The molecule has 0 bridgehead atoms. The Labute approximate surface area is 126 Å². The number of hydrogen-bond donors (Lipinski definition) is 1. The molecule has 0 aliphatic carbocycles. The van der Waals surface area contributed by atoms with Crippen LogP contribution < -0.4 is 0 Å². The highest BCUT2D eigenvalue weighted by molar-refractivity contribution is 7.89. The van der Waals surface area contributed by atoms with E-state index in [4.69, 9.17) is 11.6 Å². The van der Waals surface area contributed by atoms with Crippen LogP contribution in [-0.4, -0.2) is 37.0 Å². The fourth-order valence-electron chi connectivity index (χ4n) is 1.78. The minimum absolute atomic E-state index is 0.377. The van der Waals surface area contributed by atoms with Gasteiger partial charge >= 0.3 is 6.18 Å². The first-order chi connectivity index (χ1) is 9.27. The molecule has 1 aromatic rings. The molecule has 1 N–H and O–H groups in total. The largest absolute Gasteiger partial charge is 0.417 e. The average Bonchev–Trinajstić information content (AvgIpc) is 2.24. The molecule has 0 spiro atoms. The van der Waals surface area contributed by atoms with Gasteiger partial charge in [-0.2, -0.15) is 17.5 Å². The maximum Gasteiger partial charge on any atom is 0.417 e. The van der Waals surface area contributed by atoms with Gasteiger partial charge in [-0.25, -0.2) is 8.42 Å². The second kappa shape index (κ2) is 5.75. The first-order valence-corrected chi connectivity index (χ1v) is 7.63. The highest BCUT2D eigenvalue weighted by atomic mass is 35.5. The lowest BCUT2D eigenvalue weighted by molar-refractivity contribution is -0.139. The van der Waals surface area contributed by atoms with Gasteiger partial charge in [0.25, 0.3) is 0 Å². The molecule has 0 aliphatic rings. The molecule has 0 saturated carbocycles. The molecule has 1 rings (SSSR count). The molecule has 21 heavy (non-hydrogen) atoms. The van der Waals surface area contributed by atoms with Crippen molar-refractivity contribution < 1.29 is 26.7 Å². The summed E-state index contributed by atoms with van der Waals surface area (Å²) in [6.45, 7) is 2.31. The zero-order valence-corrected chi connectivity index (χ0v) is 13.1. The van der Waals surface area contributed by atoms with E-state index in [-0.39, 0.29) is 6.54 Å². The van der Waals surface area contributed by atoms with Crippen LogP contribution in [0.4, 0.5) is 13.2 Å². The van der Waals surface area contributed by atoms with Crippen LogP contribution >= 0.6 is 11.6 Å². The van der Waals surface area contributed by atoms with Crippen LogP contribution in [0, 0.1) is 0 Å². The fraction of sp³-hybridized carbons (Fsp3) is 0.500. The smallest absolute Gasteiger partial charge is 0.389 e. The molecule has 4 nitrogen and oxygen atoms in total. The van der Waals surface area contributed by atoms with E-state index in [2.05, 4.69) is 0 Å². The third kappa shape index (κ3) is 4.32. The summed E-state index contributed by atoms with van der Waals surface area (Å²) in [5, 5.41) is 9.11. The van der Waals surface area contributed by atoms with Gasteiger partial charge in [0.1, 0.15) is 4.90 Å². The van der Waals surface area contributed by atoms with E-state index in [0.717, 1.165) is 19.2 Å². The first kappa shape index (κ1) is 18.2. The van der Waals surface area contributed by atoms with Gasteiger partial charge in [0.05, 0.1) is 16.2 Å². The van der Waals surface area contributed by atoms with Crippen LogP contribution in [-0.2, 0) is 16.2 Å². The third-order valence-corrected chi connectivity index (χ3v) is 4.88. The first-order valence-electron chi connectivity index (χ1n) is 5.81. The average molecular weight is 346 g/mol. The lowest BCUT2D eigenvalue weighted by Gasteiger charge is -2.26. The van der Waals surface area contributed by atoms with Gasteiger partial charge in [-0.05, 0) is 26.0 Å². The summed E-state index contributed by atoms with van der Waals surface area (Å²) in [5.74, 6) is 0. The summed E-state index contributed by atoms with van der Waals surface area (Å²) in [5.41, 5.74) is -2.74. The van der Waals surface area contributed by atoms with Crippen molar-refractivity contribution in [1.82, 2.24) is 4.31 Å². The van der Waals surface area contributed by atoms with E-state index in [0.29, 0.717) is 10.4 Å². The Morgan fingerprint density at radius 1 is 1.29 bits per heavy atom. The second-order valence-corrected chi connectivity index (χ2v) is 7.58. The number of nitrogens with zero attached hydrogens (tertiary/aromatic N) is 1. The molecule has 120 valence electrons. The maximum atomic E-state index is 13.0. The molecule has 0 radical (unpaired) electrons. The minimum atomic E-state index is -4.86. The van der Waals surface area contributed by atoms with Gasteiger partial charge in [-0.15, -0.1) is 0 Å². The Kier molecular flexibility index (Phi) is 4.99. The molecule has 1 aromatic carbocycles. The Morgan fingerprint density at radius 2 is 1.81 bits per heavy atom. The number of rotatable bonds is 4. The standard InChI is InChI=1S/C12H15ClF3NO3S/c1-11(2,18)7-17(3)21(19,20)10-8(12(14,15)16)5-4-6-9(10)13/h4-6,18H,7H2,1-3H3. The van der Waals surface area contributed by atoms with Crippen LogP contribution in [0.5, 0.6) is 0 Å². The number of hydrogen-bond acceptors (Lipinski definition) is 3. The summed E-state index contributed by atoms with van der Waals surface area (Å²) in [6, 6.07) is 2.75. The molecule has 0 aliphatic heterocycles. The third-order valence-electron chi connectivity index (χ3n) is 2.55. The lowest BCUT2D eigenvalue weighted by Crippen LogP contribution is -2.40. The van der Waals surface area contributed by atoms with Gasteiger partial charge in [0, 0.05) is 13.6 Å². The number of benzene rings is 1. The summed E-state index contributed by atoms with van der Waals surface area (Å²) in [4.78, 5) is -1.01. The van der Waals surface area contributed by atoms with E-state index in [1.54, 1.807) is 0 Å². The Bertz CT molecular complexity index is 624. The summed E-state index contributed by atoms with van der Waals surface area (Å²) < 4.78 is 64.2. The SMILES string of the molecule is CN(CC(C)(C)O)S(=O)(=O)c1c(Cl)cccc1C(F)(F)F. The van der Waals surface area contributed by atoms with E-state index in [1.807, 2.05) is 0 Å². The monoisotopic (exact) mass is 345 g/mol. The zero-order valence-electron chi connectivity index (χ0n) is 11.6. The van der Waals surface area contributed by atoms with E-state index < -0.39 is 37.3 Å². The quantitative estimate of drug-likeness (QED) is 0.913. The lowest BCUT2D eigenvalue weighted by atomic mass is 10.1. The number of likely N-dealkylation sites (N-methyl/N-ethyl adjacent to an activating group) is 1. The fourth-order valence-corrected chi connectivity index (χ4v) is 3.82. The normalized spacial score (nSPS) is 13.8. The minimum Gasteiger partial charge on any atom is -0.389 e. The second-order valence-electron chi connectivity index (χ2n) is 5.19. The molecule has 0 saturated heterocycles. The molecule has 0 fully saturated rings. The van der Waals surface area contributed by atoms with Crippen molar-refractivity contribution in [3.8, 4) is 0 Å². The number of halogens is 4. The summed E-state index contributed by atoms with van der Waals surface area (Å²) in [6.07, 6.45) is -4.86. The predicted molar refractivity (Wildman–Crippen MR) is 72.6 cm³/mol. The summed E-state index contributed by atoms with van der Waals surface area (Å²) >= 11 is 5.67. The topological polar surface area (TPSA) is 57.6 Å². The van der Waals surface area contributed by atoms with Crippen LogP contribution in [0.2, 0.25) is 5.02 Å². The van der Waals surface area contributed by atoms with Gasteiger partial charge in [-0.3, -0.25) is 0 Å². The van der Waals surface area contributed by atoms with Gasteiger partial charge in [0.15, 0.2) is 0 Å². The van der Waals surface area contributed by atoms with Crippen LogP contribution in [0.25, 0.3) is 0 Å². The Hall–Kier alpha value is -0.830. The van der Waals surface area contributed by atoms with Crippen LogP contribution in [0.3, 0.4) is 0 Å². The number of aliphatic hydroxyl groups is 1. The highest BCUT2D eigenvalue weighted by Gasteiger charge is 2.40. The van der Waals surface area contributed by atoms with Crippen LogP contribution in [0.1, 0.15) is 19.4 Å². The van der Waals surface area contributed by atoms with Gasteiger partial charge < -0.3 is 5.11 Å². The molecule has 0 heterocycles. The van der Waals surface area contributed by atoms with Crippen molar-refractivity contribution in [2.24, 2.45) is 0 Å². The van der Waals surface area contributed by atoms with Crippen molar-refractivity contribution in [3.05, 3.63) is 28.8 Å². The van der Waals surface area contributed by atoms with Crippen molar-refractivity contribution in [1.29, 1.82) is 0 Å². The Morgan fingerprint density at radius 3 is 2.24 bits per heavy atom. The van der Waals surface area contributed by atoms with Gasteiger partial charge in [-0.1, -0.05) is 17.7 Å². The number of sulfonamides is 1. The van der Waals surface area contributed by atoms with Crippen molar-refractivity contribution in [2.45, 2.75) is 30.5 Å². The molecule has 0 aromatic heterocycles. The maximum absolute atomic E-state index is 13.0. The molecule has 0 atom stereocenters. The van der Waals surface area contributed by atoms with Crippen molar-refractivity contribution >= 4 is 21.6 Å².